The zero-order chi connectivity index (χ0) is 22.7. The van der Waals surface area contributed by atoms with E-state index in [1.165, 1.54) is 16.1 Å². The zero-order valence-electron chi connectivity index (χ0n) is 17.3. The topological polar surface area (TPSA) is 99.5 Å². The fourth-order valence-electron chi connectivity index (χ4n) is 3.20. The van der Waals surface area contributed by atoms with Crippen molar-refractivity contribution in [1.82, 2.24) is 9.55 Å². The zero-order valence-corrected chi connectivity index (χ0v) is 18.1. The molecule has 0 bridgehead atoms. The Hall–Kier alpha value is -3.98. The van der Waals surface area contributed by atoms with E-state index in [4.69, 9.17) is 9.47 Å². The van der Waals surface area contributed by atoms with Gasteiger partial charge < -0.3 is 9.47 Å². The highest BCUT2D eigenvalue weighted by Gasteiger charge is 2.18. The number of methoxy groups -OCH3 is 1. The molecule has 0 radical (unpaired) electrons. The molecule has 162 valence electrons. The molecule has 9 heteroatoms. The lowest BCUT2D eigenvalue weighted by Gasteiger charge is -2.12. The van der Waals surface area contributed by atoms with Crippen LogP contribution >= 0.6 is 11.3 Å². The van der Waals surface area contributed by atoms with E-state index in [-0.39, 0.29) is 23.0 Å². The number of nitrogens with one attached hydrogen (secondary N) is 1. The maximum absolute atomic E-state index is 13.1. The van der Waals surface area contributed by atoms with Crippen LogP contribution in [0.15, 0.2) is 64.9 Å². The molecule has 1 amide bonds. The molecule has 2 aromatic heterocycles. The summed E-state index contributed by atoms with van der Waals surface area (Å²) in [7, 11) is 1.56. The number of rotatable bonds is 6. The highest BCUT2D eigenvalue weighted by Crippen LogP contribution is 2.22. The molecule has 2 aromatic carbocycles. The largest absolute Gasteiger partial charge is 0.497 e. The fourth-order valence-corrected chi connectivity index (χ4v) is 3.88. The van der Waals surface area contributed by atoms with Crippen LogP contribution in [-0.2, 0) is 4.74 Å². The molecule has 0 fully saturated rings. The molecule has 0 unspecified atom stereocenters. The van der Waals surface area contributed by atoms with Crippen LogP contribution in [0.25, 0.3) is 16.5 Å². The molecule has 0 spiro atoms. The average Bonchev–Trinajstić information content (AvgIpc) is 3.28. The number of carbonyl (C=O) groups is 2. The smallest absolute Gasteiger partial charge is 0.357 e. The molecule has 0 aliphatic rings. The normalized spacial score (nSPS) is 10.7. The number of nitrogens with zero attached hydrogens (tertiary/aromatic N) is 2. The molecular formula is C23H19N3O5S. The van der Waals surface area contributed by atoms with Gasteiger partial charge in [0.2, 0.25) is 0 Å². The molecule has 32 heavy (non-hydrogen) atoms. The number of carbonyl (C=O) groups excluding carboxylic acids is 2. The van der Waals surface area contributed by atoms with Gasteiger partial charge in [-0.2, -0.15) is 0 Å². The predicted molar refractivity (Wildman–Crippen MR) is 122 cm³/mol. The number of fused-ring (bicyclic) bond motifs is 1. The van der Waals surface area contributed by atoms with Crippen LogP contribution in [0, 0.1) is 0 Å². The summed E-state index contributed by atoms with van der Waals surface area (Å²) in [5.74, 6) is -0.349. The van der Waals surface area contributed by atoms with Gasteiger partial charge in [0.25, 0.3) is 11.5 Å². The van der Waals surface area contributed by atoms with Crippen LogP contribution in [0.3, 0.4) is 0 Å². The summed E-state index contributed by atoms with van der Waals surface area (Å²) < 4.78 is 11.5. The monoisotopic (exact) mass is 449 g/mol. The molecule has 0 saturated carbocycles. The number of anilines is 1. The van der Waals surface area contributed by atoms with Crippen LogP contribution in [0.1, 0.15) is 27.8 Å². The Labute approximate surface area is 187 Å². The maximum Gasteiger partial charge on any atom is 0.357 e. The van der Waals surface area contributed by atoms with Crippen molar-refractivity contribution in [2.75, 3.05) is 19.0 Å². The van der Waals surface area contributed by atoms with Crippen molar-refractivity contribution in [3.05, 3.63) is 81.7 Å². The van der Waals surface area contributed by atoms with Gasteiger partial charge in [0.1, 0.15) is 5.75 Å². The van der Waals surface area contributed by atoms with E-state index in [0.717, 1.165) is 11.3 Å². The van der Waals surface area contributed by atoms with Crippen molar-refractivity contribution in [3.63, 3.8) is 0 Å². The van der Waals surface area contributed by atoms with Gasteiger partial charge in [-0.3, -0.25) is 19.5 Å². The quantitative estimate of drug-likeness (QED) is 0.449. The molecule has 4 rings (SSSR count). The lowest BCUT2D eigenvalue weighted by atomic mass is 10.1. The van der Waals surface area contributed by atoms with Crippen molar-refractivity contribution >= 4 is 39.1 Å². The number of ether oxygens (including phenoxy) is 2. The molecule has 4 aromatic rings. The lowest BCUT2D eigenvalue weighted by Crippen LogP contribution is -2.22. The van der Waals surface area contributed by atoms with E-state index in [1.807, 2.05) is 0 Å². The van der Waals surface area contributed by atoms with Gasteiger partial charge in [0.05, 0.1) is 19.3 Å². The Morgan fingerprint density at radius 3 is 2.50 bits per heavy atom. The van der Waals surface area contributed by atoms with Crippen LogP contribution in [0.5, 0.6) is 5.75 Å². The number of amides is 1. The number of benzene rings is 2. The summed E-state index contributed by atoms with van der Waals surface area (Å²) in [6.07, 6.45) is 1.50. The second-order valence-corrected chi connectivity index (χ2v) is 7.53. The minimum atomic E-state index is -0.553. The van der Waals surface area contributed by atoms with Crippen LogP contribution in [-0.4, -0.2) is 35.1 Å². The van der Waals surface area contributed by atoms with E-state index < -0.39 is 11.9 Å². The summed E-state index contributed by atoms with van der Waals surface area (Å²) in [4.78, 5) is 42.2. The van der Waals surface area contributed by atoms with Crippen molar-refractivity contribution in [2.24, 2.45) is 0 Å². The summed E-state index contributed by atoms with van der Waals surface area (Å²) in [5.41, 5.74) is 0.764. The van der Waals surface area contributed by atoms with E-state index in [2.05, 4.69) is 10.3 Å². The van der Waals surface area contributed by atoms with Gasteiger partial charge in [-0.15, -0.1) is 11.3 Å². The maximum atomic E-state index is 13.1. The first-order chi connectivity index (χ1) is 15.5. The van der Waals surface area contributed by atoms with E-state index in [1.54, 1.807) is 62.6 Å². The number of esters is 1. The minimum absolute atomic E-state index is 0.125. The highest BCUT2D eigenvalue weighted by atomic mass is 32.1. The fraction of sp³-hybridized carbons (Fsp3) is 0.130. The Kier molecular flexibility index (Phi) is 6.00. The molecular weight excluding hydrogens is 430 g/mol. The number of pyridine rings is 1. The molecule has 0 saturated heterocycles. The van der Waals surface area contributed by atoms with Gasteiger partial charge in [-0.25, -0.2) is 9.78 Å². The average molecular weight is 449 g/mol. The van der Waals surface area contributed by atoms with Crippen LogP contribution in [0.2, 0.25) is 0 Å². The first-order valence-electron chi connectivity index (χ1n) is 9.74. The molecule has 0 aliphatic heterocycles. The van der Waals surface area contributed by atoms with Crippen molar-refractivity contribution < 1.29 is 19.1 Å². The molecule has 2 heterocycles. The van der Waals surface area contributed by atoms with Gasteiger partial charge in [0, 0.05) is 28.0 Å². The van der Waals surface area contributed by atoms with Crippen LogP contribution < -0.4 is 15.6 Å². The van der Waals surface area contributed by atoms with Crippen molar-refractivity contribution in [2.45, 2.75) is 6.92 Å². The number of aromatic nitrogens is 2. The van der Waals surface area contributed by atoms with Gasteiger partial charge in [0.15, 0.2) is 10.8 Å². The molecule has 0 atom stereocenters. The highest BCUT2D eigenvalue weighted by molar-refractivity contribution is 7.14. The number of hydrogen-bond acceptors (Lipinski definition) is 7. The van der Waals surface area contributed by atoms with Gasteiger partial charge >= 0.3 is 5.97 Å². The third-order valence-electron chi connectivity index (χ3n) is 4.73. The Morgan fingerprint density at radius 2 is 1.81 bits per heavy atom. The number of hydrogen-bond donors (Lipinski definition) is 1. The minimum Gasteiger partial charge on any atom is -0.497 e. The Bertz CT molecular complexity index is 1360. The Balaban J connectivity index is 1.74. The lowest BCUT2D eigenvalue weighted by molar-refractivity contribution is 0.0520. The van der Waals surface area contributed by atoms with Gasteiger partial charge in [-0.1, -0.05) is 18.2 Å². The van der Waals surface area contributed by atoms with Crippen molar-refractivity contribution in [3.8, 4) is 11.4 Å². The Morgan fingerprint density at radius 1 is 1.09 bits per heavy atom. The summed E-state index contributed by atoms with van der Waals surface area (Å²) in [5, 5.41) is 5.40. The van der Waals surface area contributed by atoms with Gasteiger partial charge in [-0.05, 0) is 37.3 Å². The molecule has 0 aliphatic carbocycles. The molecule has 8 nitrogen and oxygen atoms in total. The third kappa shape index (κ3) is 4.10. The second-order valence-electron chi connectivity index (χ2n) is 6.67. The van der Waals surface area contributed by atoms with E-state index >= 15 is 0 Å². The van der Waals surface area contributed by atoms with Crippen LogP contribution in [0.4, 0.5) is 5.13 Å². The van der Waals surface area contributed by atoms with E-state index in [9.17, 15) is 14.4 Å². The predicted octanol–water partition coefficient (Wildman–Crippen LogP) is 3.88. The van der Waals surface area contributed by atoms with Crippen molar-refractivity contribution in [1.29, 1.82) is 0 Å². The molecule has 1 N–H and O–H groups in total. The summed E-state index contributed by atoms with van der Waals surface area (Å²) in [6.45, 7) is 1.94. The first-order valence-corrected chi connectivity index (χ1v) is 10.6. The summed E-state index contributed by atoms with van der Waals surface area (Å²) >= 11 is 1.11. The SMILES string of the molecule is CCOC(=O)c1csc(NC(=O)c2cn(-c3ccc(OC)cc3)c(=O)c3ccccc23)n1. The number of thiazole rings is 1. The van der Waals surface area contributed by atoms with E-state index in [0.29, 0.717) is 27.8 Å². The first kappa shape index (κ1) is 21.3. The second kappa shape index (κ2) is 9.03. The summed E-state index contributed by atoms with van der Waals surface area (Å²) in [6, 6.07) is 13.9. The third-order valence-corrected chi connectivity index (χ3v) is 5.49. The standard InChI is InChI=1S/C23H19N3O5S/c1-3-31-22(29)19-13-32-23(24-19)25-20(27)18-12-26(14-8-10-15(30-2)11-9-14)21(28)17-7-5-4-6-16(17)18/h4-13H,3H2,1-2H3,(H,24,25,27).